The second-order valence-electron chi connectivity index (χ2n) is 5.11. The van der Waals surface area contributed by atoms with Crippen molar-refractivity contribution in [3.63, 3.8) is 0 Å². The summed E-state index contributed by atoms with van der Waals surface area (Å²) in [7, 11) is 2.07. The average molecular weight is 312 g/mol. The van der Waals surface area contributed by atoms with Crippen LogP contribution in [0, 0.1) is 5.92 Å². The van der Waals surface area contributed by atoms with E-state index in [1.54, 1.807) is 0 Å². The number of benzene rings is 1. The van der Waals surface area contributed by atoms with Gasteiger partial charge in [-0.1, -0.05) is 28.1 Å². The first kappa shape index (κ1) is 14.0. The first-order valence-corrected chi connectivity index (χ1v) is 7.56. The predicted octanol–water partition coefficient (Wildman–Crippen LogP) is 3.40. The summed E-state index contributed by atoms with van der Waals surface area (Å²) in [6.45, 7) is 1.89. The summed E-state index contributed by atoms with van der Waals surface area (Å²) >= 11 is 3.48. The minimum atomic E-state index is 0.578. The lowest BCUT2D eigenvalue weighted by Gasteiger charge is -2.26. The zero-order chi connectivity index (χ0) is 12.8. The molecule has 0 amide bonds. The molecule has 0 bridgehead atoms. The van der Waals surface area contributed by atoms with Crippen molar-refractivity contribution in [3.05, 3.63) is 34.3 Å². The van der Waals surface area contributed by atoms with Gasteiger partial charge in [-0.05, 0) is 56.3 Å². The van der Waals surface area contributed by atoms with Crippen LogP contribution in [-0.4, -0.2) is 26.3 Å². The minimum Gasteiger partial charge on any atom is -0.381 e. The molecule has 0 saturated carbocycles. The Labute approximate surface area is 118 Å². The smallest absolute Gasteiger partial charge is 0.0468 e. The van der Waals surface area contributed by atoms with Gasteiger partial charge in [0.25, 0.3) is 0 Å². The van der Waals surface area contributed by atoms with Crippen molar-refractivity contribution >= 4 is 15.9 Å². The van der Waals surface area contributed by atoms with Gasteiger partial charge in [-0.3, -0.25) is 0 Å². The SMILES string of the molecule is CNC(Cc1ccc(Br)cc1)CC1CCOCC1. The molecular formula is C15H22BrNO. The van der Waals surface area contributed by atoms with Crippen LogP contribution in [0.4, 0.5) is 0 Å². The maximum Gasteiger partial charge on any atom is 0.0468 e. The van der Waals surface area contributed by atoms with Gasteiger partial charge in [-0.25, -0.2) is 0 Å². The van der Waals surface area contributed by atoms with Crippen molar-refractivity contribution in [1.29, 1.82) is 0 Å². The molecule has 1 aliphatic heterocycles. The Balaban J connectivity index is 1.86. The lowest BCUT2D eigenvalue weighted by atomic mass is 9.90. The molecule has 18 heavy (non-hydrogen) atoms. The summed E-state index contributed by atoms with van der Waals surface area (Å²) in [4.78, 5) is 0. The maximum atomic E-state index is 5.42. The first-order chi connectivity index (χ1) is 8.78. The van der Waals surface area contributed by atoms with Crippen LogP contribution in [-0.2, 0) is 11.2 Å². The molecule has 0 aliphatic carbocycles. The van der Waals surface area contributed by atoms with Crippen molar-refractivity contribution in [2.24, 2.45) is 5.92 Å². The molecule has 2 rings (SSSR count). The highest BCUT2D eigenvalue weighted by Crippen LogP contribution is 2.22. The van der Waals surface area contributed by atoms with Crippen molar-refractivity contribution in [1.82, 2.24) is 5.32 Å². The Morgan fingerprint density at radius 2 is 1.94 bits per heavy atom. The van der Waals surface area contributed by atoms with Gasteiger partial charge in [0.2, 0.25) is 0 Å². The highest BCUT2D eigenvalue weighted by atomic mass is 79.9. The van der Waals surface area contributed by atoms with Gasteiger partial charge in [-0.2, -0.15) is 0 Å². The number of hydrogen-bond acceptors (Lipinski definition) is 2. The molecule has 2 nitrogen and oxygen atoms in total. The van der Waals surface area contributed by atoms with Gasteiger partial charge in [-0.15, -0.1) is 0 Å². The van der Waals surface area contributed by atoms with Gasteiger partial charge in [0, 0.05) is 23.7 Å². The van der Waals surface area contributed by atoms with Crippen LogP contribution in [0.3, 0.4) is 0 Å². The third-order valence-electron chi connectivity index (χ3n) is 3.76. The fourth-order valence-electron chi connectivity index (χ4n) is 2.59. The van der Waals surface area contributed by atoms with Gasteiger partial charge in [0.1, 0.15) is 0 Å². The Bertz CT molecular complexity index is 346. The van der Waals surface area contributed by atoms with E-state index in [2.05, 4.69) is 52.6 Å². The molecule has 0 spiro atoms. The van der Waals surface area contributed by atoms with E-state index in [0.717, 1.165) is 30.0 Å². The third-order valence-corrected chi connectivity index (χ3v) is 4.29. The van der Waals surface area contributed by atoms with Crippen molar-refractivity contribution in [2.75, 3.05) is 20.3 Å². The second-order valence-corrected chi connectivity index (χ2v) is 6.02. The molecule has 0 radical (unpaired) electrons. The Morgan fingerprint density at radius 1 is 1.28 bits per heavy atom. The van der Waals surface area contributed by atoms with E-state index in [1.165, 1.54) is 24.8 Å². The van der Waals surface area contributed by atoms with Gasteiger partial charge in [0.15, 0.2) is 0 Å². The summed E-state index contributed by atoms with van der Waals surface area (Å²) in [5.74, 6) is 0.826. The van der Waals surface area contributed by atoms with E-state index in [-0.39, 0.29) is 0 Å². The Kier molecular flexibility index (Phi) is 5.67. The van der Waals surface area contributed by atoms with E-state index in [4.69, 9.17) is 4.74 Å². The average Bonchev–Trinajstić information content (AvgIpc) is 2.41. The lowest BCUT2D eigenvalue weighted by Crippen LogP contribution is -2.31. The molecule has 1 heterocycles. The number of nitrogens with one attached hydrogen (secondary N) is 1. The van der Waals surface area contributed by atoms with Gasteiger partial charge >= 0.3 is 0 Å². The molecule has 1 saturated heterocycles. The Hall–Kier alpha value is -0.380. The van der Waals surface area contributed by atoms with Crippen LogP contribution >= 0.6 is 15.9 Å². The van der Waals surface area contributed by atoms with E-state index in [9.17, 15) is 0 Å². The summed E-state index contributed by atoms with van der Waals surface area (Å²) < 4.78 is 6.57. The number of likely N-dealkylation sites (N-methyl/N-ethyl adjacent to an activating group) is 1. The van der Waals surface area contributed by atoms with E-state index in [0.29, 0.717) is 6.04 Å². The van der Waals surface area contributed by atoms with Crippen LogP contribution in [0.1, 0.15) is 24.8 Å². The topological polar surface area (TPSA) is 21.3 Å². The number of hydrogen-bond donors (Lipinski definition) is 1. The number of ether oxygens (including phenoxy) is 1. The highest BCUT2D eigenvalue weighted by molar-refractivity contribution is 9.10. The van der Waals surface area contributed by atoms with E-state index >= 15 is 0 Å². The molecule has 0 aromatic heterocycles. The molecule has 1 fully saturated rings. The monoisotopic (exact) mass is 311 g/mol. The molecule has 1 aromatic rings. The quantitative estimate of drug-likeness (QED) is 0.900. The first-order valence-electron chi connectivity index (χ1n) is 6.77. The van der Waals surface area contributed by atoms with Crippen LogP contribution in [0.2, 0.25) is 0 Å². The minimum absolute atomic E-state index is 0.578. The normalized spacial score (nSPS) is 18.8. The second kappa shape index (κ2) is 7.27. The predicted molar refractivity (Wildman–Crippen MR) is 78.9 cm³/mol. The molecular weight excluding hydrogens is 290 g/mol. The van der Waals surface area contributed by atoms with Crippen LogP contribution < -0.4 is 5.32 Å². The van der Waals surface area contributed by atoms with Crippen LogP contribution in [0.5, 0.6) is 0 Å². The number of halogens is 1. The fraction of sp³-hybridized carbons (Fsp3) is 0.600. The molecule has 1 unspecified atom stereocenters. The zero-order valence-corrected chi connectivity index (χ0v) is 12.6. The molecule has 1 atom stereocenters. The van der Waals surface area contributed by atoms with Crippen LogP contribution in [0.15, 0.2) is 28.7 Å². The third kappa shape index (κ3) is 4.38. The summed E-state index contributed by atoms with van der Waals surface area (Å²) in [5, 5.41) is 3.46. The lowest BCUT2D eigenvalue weighted by molar-refractivity contribution is 0.0608. The van der Waals surface area contributed by atoms with E-state index < -0.39 is 0 Å². The Morgan fingerprint density at radius 3 is 2.56 bits per heavy atom. The van der Waals surface area contributed by atoms with Crippen molar-refractivity contribution in [3.8, 4) is 0 Å². The summed E-state index contributed by atoms with van der Waals surface area (Å²) in [5.41, 5.74) is 1.41. The van der Waals surface area contributed by atoms with Gasteiger partial charge in [0.05, 0.1) is 0 Å². The zero-order valence-electron chi connectivity index (χ0n) is 11.0. The largest absolute Gasteiger partial charge is 0.381 e. The molecule has 100 valence electrons. The standard InChI is InChI=1S/C15H22BrNO/c1-17-15(11-13-6-8-18-9-7-13)10-12-2-4-14(16)5-3-12/h2-5,13,15,17H,6-11H2,1H3. The van der Waals surface area contributed by atoms with Crippen LogP contribution in [0.25, 0.3) is 0 Å². The summed E-state index contributed by atoms with van der Waals surface area (Å²) in [6, 6.07) is 9.23. The van der Waals surface area contributed by atoms with Gasteiger partial charge < -0.3 is 10.1 Å². The highest BCUT2D eigenvalue weighted by Gasteiger charge is 2.18. The molecule has 3 heteroatoms. The van der Waals surface area contributed by atoms with Crippen molar-refractivity contribution < 1.29 is 4.74 Å². The molecule has 1 aliphatic rings. The number of rotatable bonds is 5. The molecule has 1 aromatic carbocycles. The van der Waals surface area contributed by atoms with Crippen molar-refractivity contribution in [2.45, 2.75) is 31.7 Å². The molecule has 1 N–H and O–H groups in total. The summed E-state index contributed by atoms with van der Waals surface area (Å²) in [6.07, 6.45) is 4.81. The maximum absolute atomic E-state index is 5.42. The van der Waals surface area contributed by atoms with E-state index in [1.807, 2.05) is 0 Å². The fourth-order valence-corrected chi connectivity index (χ4v) is 2.86.